The highest BCUT2D eigenvalue weighted by atomic mass is 127. The van der Waals surface area contributed by atoms with Crippen LogP contribution in [0.1, 0.15) is 22.5 Å². The van der Waals surface area contributed by atoms with Gasteiger partial charge in [0.1, 0.15) is 3.57 Å². The molecule has 5 nitrogen and oxygen atoms in total. The lowest BCUT2D eigenvalue weighted by molar-refractivity contribution is -0.390. The van der Waals surface area contributed by atoms with Crippen LogP contribution in [0.5, 0.6) is 0 Å². The van der Waals surface area contributed by atoms with Crippen molar-refractivity contribution in [3.63, 3.8) is 0 Å². The molecule has 0 N–H and O–H groups in total. The molecule has 1 aromatic heterocycles. The summed E-state index contributed by atoms with van der Waals surface area (Å²) in [6.45, 7) is 0. The molecule has 1 heterocycles. The number of hydrogen-bond donors (Lipinski definition) is 0. The van der Waals surface area contributed by atoms with Gasteiger partial charge in [-0.25, -0.2) is 8.78 Å². The van der Waals surface area contributed by atoms with Crippen molar-refractivity contribution < 1.29 is 18.5 Å². The summed E-state index contributed by atoms with van der Waals surface area (Å²) < 4.78 is 24.7. The molecule has 0 fully saturated rings. The zero-order valence-corrected chi connectivity index (χ0v) is 9.14. The van der Waals surface area contributed by atoms with Crippen LogP contribution in [-0.2, 0) is 0 Å². The molecule has 0 aliphatic rings. The van der Waals surface area contributed by atoms with Crippen molar-refractivity contribution in [3.05, 3.63) is 31.0 Å². The van der Waals surface area contributed by atoms with Crippen LogP contribution in [0, 0.1) is 13.7 Å². The van der Waals surface area contributed by atoms with Gasteiger partial charge in [-0.2, -0.15) is 0 Å². The van der Waals surface area contributed by atoms with Crippen LogP contribution in [-0.4, -0.2) is 16.2 Å². The molecule has 0 amide bonds. The number of pyridine rings is 1. The quantitative estimate of drug-likeness (QED) is 0.369. The molecule has 0 saturated carbocycles. The molecule has 0 spiro atoms. The Balaban J connectivity index is 3.42. The monoisotopic (exact) mass is 328 g/mol. The molecule has 80 valence electrons. The van der Waals surface area contributed by atoms with E-state index in [0.717, 1.165) is 6.07 Å². The number of aldehydes is 1. The smallest absolute Gasteiger partial charge is 0.358 e. The van der Waals surface area contributed by atoms with Gasteiger partial charge in [-0.05, 0) is 38.6 Å². The van der Waals surface area contributed by atoms with E-state index in [9.17, 15) is 23.7 Å². The van der Waals surface area contributed by atoms with Gasteiger partial charge in [0.25, 0.3) is 6.43 Å². The zero-order chi connectivity index (χ0) is 11.6. The Morgan fingerprint density at radius 3 is 2.60 bits per heavy atom. The zero-order valence-electron chi connectivity index (χ0n) is 6.99. The fraction of sp³-hybridized carbons (Fsp3) is 0.143. The van der Waals surface area contributed by atoms with Crippen molar-refractivity contribution in [2.45, 2.75) is 6.43 Å². The Hall–Kier alpha value is -1.19. The largest absolute Gasteiger partial charge is 0.377 e. The Morgan fingerprint density at radius 2 is 2.20 bits per heavy atom. The first-order chi connectivity index (χ1) is 6.97. The van der Waals surface area contributed by atoms with Crippen LogP contribution >= 0.6 is 22.6 Å². The van der Waals surface area contributed by atoms with Crippen molar-refractivity contribution >= 4 is 34.7 Å². The molecular formula is C7H3F2IN2O3. The maximum atomic E-state index is 12.4. The summed E-state index contributed by atoms with van der Waals surface area (Å²) in [6, 6.07) is 0.889. The minimum absolute atomic E-state index is 0.0292. The summed E-state index contributed by atoms with van der Waals surface area (Å²) in [5.74, 6) is -0.595. The van der Waals surface area contributed by atoms with E-state index in [1.165, 1.54) is 22.6 Å². The number of hydrogen-bond acceptors (Lipinski definition) is 4. The standard InChI is InChI=1S/C7H3F2IN2O3/c8-6(9)3-1-4(10)7(12(14)15)11-5(3)2-13/h1-2,6H. The normalized spacial score (nSPS) is 10.4. The molecule has 0 aliphatic carbocycles. The maximum Gasteiger partial charge on any atom is 0.377 e. The van der Waals surface area contributed by atoms with Crippen molar-refractivity contribution in [1.29, 1.82) is 0 Å². The fourth-order valence-corrected chi connectivity index (χ4v) is 1.56. The third kappa shape index (κ3) is 2.43. The summed E-state index contributed by atoms with van der Waals surface area (Å²) in [5.41, 5.74) is -1.20. The minimum Gasteiger partial charge on any atom is -0.358 e. The van der Waals surface area contributed by atoms with Crippen molar-refractivity contribution in [2.75, 3.05) is 0 Å². The second-order valence-corrected chi connectivity index (χ2v) is 3.61. The van der Waals surface area contributed by atoms with E-state index in [1.807, 2.05) is 0 Å². The predicted molar refractivity (Wildman–Crippen MR) is 54.0 cm³/mol. The van der Waals surface area contributed by atoms with Crippen LogP contribution in [0.3, 0.4) is 0 Å². The van der Waals surface area contributed by atoms with Gasteiger partial charge in [0.15, 0.2) is 6.29 Å². The SMILES string of the molecule is O=Cc1nc([N+](=O)[O-])c(I)cc1C(F)F. The third-order valence-corrected chi connectivity index (χ3v) is 2.33. The van der Waals surface area contributed by atoms with Gasteiger partial charge < -0.3 is 10.1 Å². The molecule has 0 radical (unpaired) electrons. The van der Waals surface area contributed by atoms with E-state index in [0.29, 0.717) is 0 Å². The highest BCUT2D eigenvalue weighted by Gasteiger charge is 2.24. The first-order valence-corrected chi connectivity index (χ1v) is 4.63. The van der Waals surface area contributed by atoms with E-state index in [4.69, 9.17) is 0 Å². The molecular weight excluding hydrogens is 325 g/mol. The van der Waals surface area contributed by atoms with Crippen LogP contribution in [0.4, 0.5) is 14.6 Å². The van der Waals surface area contributed by atoms with E-state index >= 15 is 0 Å². The van der Waals surface area contributed by atoms with Gasteiger partial charge in [0.2, 0.25) is 5.69 Å². The number of carbonyl (C=O) groups excluding carboxylic acids is 1. The summed E-state index contributed by atoms with van der Waals surface area (Å²) in [4.78, 5) is 23.2. The summed E-state index contributed by atoms with van der Waals surface area (Å²) in [6.07, 6.45) is -2.81. The molecule has 15 heavy (non-hydrogen) atoms. The average Bonchev–Trinajstić information content (AvgIpc) is 2.16. The molecule has 1 aromatic rings. The fourth-order valence-electron chi connectivity index (χ4n) is 0.904. The number of aromatic nitrogens is 1. The number of alkyl halides is 2. The Bertz CT molecular complexity index is 425. The number of nitrogens with zero attached hydrogens (tertiary/aromatic N) is 2. The minimum atomic E-state index is -2.88. The molecule has 0 atom stereocenters. The third-order valence-electron chi connectivity index (χ3n) is 1.54. The van der Waals surface area contributed by atoms with Crippen LogP contribution in [0.15, 0.2) is 6.07 Å². The first kappa shape index (κ1) is 11.9. The van der Waals surface area contributed by atoms with Gasteiger partial charge in [0.05, 0.1) is 5.56 Å². The highest BCUT2D eigenvalue weighted by molar-refractivity contribution is 14.1. The lowest BCUT2D eigenvalue weighted by Gasteiger charge is -2.01. The number of halogens is 3. The first-order valence-electron chi connectivity index (χ1n) is 3.55. The van der Waals surface area contributed by atoms with Crippen LogP contribution in [0.25, 0.3) is 0 Å². The molecule has 0 unspecified atom stereocenters. The molecule has 0 bridgehead atoms. The van der Waals surface area contributed by atoms with Gasteiger partial charge in [-0.15, -0.1) is 0 Å². The second kappa shape index (κ2) is 4.55. The number of nitro groups is 1. The van der Waals surface area contributed by atoms with Gasteiger partial charge in [-0.3, -0.25) is 4.79 Å². The molecule has 1 rings (SSSR count). The average molecular weight is 328 g/mol. The van der Waals surface area contributed by atoms with E-state index in [2.05, 4.69) is 4.98 Å². The summed E-state index contributed by atoms with van der Waals surface area (Å²) in [7, 11) is 0. The predicted octanol–water partition coefficient (Wildman–Crippen LogP) is 2.34. The van der Waals surface area contributed by atoms with Crippen molar-refractivity contribution in [2.24, 2.45) is 0 Å². The van der Waals surface area contributed by atoms with E-state index < -0.39 is 28.4 Å². The van der Waals surface area contributed by atoms with Crippen LogP contribution < -0.4 is 0 Å². The second-order valence-electron chi connectivity index (χ2n) is 2.44. The van der Waals surface area contributed by atoms with E-state index in [1.54, 1.807) is 0 Å². The lowest BCUT2D eigenvalue weighted by Crippen LogP contribution is -2.03. The Labute approximate surface area is 95.8 Å². The molecule has 0 saturated heterocycles. The number of carbonyl (C=O) groups is 1. The van der Waals surface area contributed by atoms with Crippen molar-refractivity contribution in [1.82, 2.24) is 4.98 Å². The maximum absolute atomic E-state index is 12.4. The van der Waals surface area contributed by atoms with Crippen molar-refractivity contribution in [3.8, 4) is 0 Å². The van der Waals surface area contributed by atoms with Gasteiger partial charge >= 0.3 is 5.82 Å². The topological polar surface area (TPSA) is 73.1 Å². The highest BCUT2D eigenvalue weighted by Crippen LogP contribution is 2.27. The molecule has 0 aromatic carbocycles. The summed E-state index contributed by atoms with van der Waals surface area (Å²) in [5, 5.41) is 10.4. The Kier molecular flexibility index (Phi) is 3.61. The van der Waals surface area contributed by atoms with E-state index in [-0.39, 0.29) is 9.86 Å². The van der Waals surface area contributed by atoms with Gasteiger partial charge in [0, 0.05) is 0 Å². The van der Waals surface area contributed by atoms with Crippen LogP contribution in [0.2, 0.25) is 0 Å². The summed E-state index contributed by atoms with van der Waals surface area (Å²) >= 11 is 1.51. The lowest BCUT2D eigenvalue weighted by atomic mass is 10.2. The molecule has 8 heteroatoms. The number of rotatable bonds is 3. The molecule has 0 aliphatic heterocycles. The van der Waals surface area contributed by atoms with Gasteiger partial charge in [-0.1, -0.05) is 0 Å². The Morgan fingerprint density at radius 1 is 1.60 bits per heavy atom.